The maximum atomic E-state index is 14.4. The van der Waals surface area contributed by atoms with E-state index in [0.717, 1.165) is 0 Å². The maximum Gasteiger partial charge on any atom is 0.474 e. The molecule has 0 aliphatic heterocycles. The molecule has 0 aromatic heterocycles. The minimum atomic E-state index is -4.17. The van der Waals surface area contributed by atoms with Crippen LogP contribution in [0.1, 0.15) is 26.7 Å². The van der Waals surface area contributed by atoms with Crippen LogP contribution >= 0.6 is 0 Å². The molecule has 2 unspecified atom stereocenters. The van der Waals surface area contributed by atoms with Gasteiger partial charge in [0.25, 0.3) is 0 Å². The summed E-state index contributed by atoms with van der Waals surface area (Å²) in [5, 5.41) is 27.6. The number of hydrogen-bond acceptors (Lipinski definition) is 10. The van der Waals surface area contributed by atoms with E-state index in [0.29, 0.717) is 0 Å². The van der Waals surface area contributed by atoms with Crippen molar-refractivity contribution in [3.8, 4) is 0 Å². The minimum Gasteiger partial charge on any atom is -0.549 e. The first-order valence-electron chi connectivity index (χ1n) is 16.8. The van der Waals surface area contributed by atoms with Crippen molar-refractivity contribution in [1.29, 1.82) is 0 Å². The van der Waals surface area contributed by atoms with E-state index < -0.39 is 102 Å². The fraction of sp³-hybridized carbons (Fsp3) is 0.862. The molecule has 0 rings (SSSR count). The molecule has 0 heterocycles. The Labute approximate surface area is 295 Å². The summed E-state index contributed by atoms with van der Waals surface area (Å²) >= 11 is 0. The molecule has 0 N–H and O–H groups in total. The number of hydrogen-bond donors (Lipinski definition) is 0. The van der Waals surface area contributed by atoms with Crippen molar-refractivity contribution in [3.05, 3.63) is 12.2 Å². The predicted molar refractivity (Wildman–Crippen MR) is 208 cm³/mol. The van der Waals surface area contributed by atoms with E-state index in [4.69, 9.17) is 24.7 Å². The van der Waals surface area contributed by atoms with Gasteiger partial charge < -0.3 is 44.5 Å². The van der Waals surface area contributed by atoms with Crippen LogP contribution in [-0.2, 0) is 34.3 Å². The molecule has 0 radical (unpaired) electrons. The summed E-state index contributed by atoms with van der Waals surface area (Å²) in [7, 11) is -23.7. The van der Waals surface area contributed by atoms with Crippen molar-refractivity contribution < 1.29 is 44.5 Å². The van der Waals surface area contributed by atoms with Crippen molar-refractivity contribution in [2.45, 2.75) is 156 Å². The zero-order valence-corrected chi connectivity index (χ0v) is 41.4. The zero-order chi connectivity index (χ0) is 38.0. The number of rotatable bonds is 21. The third kappa shape index (κ3) is 14.0. The Kier molecular flexibility index (Phi) is 15.9. The third-order valence-corrected chi connectivity index (χ3v) is 31.5. The second-order valence-electron chi connectivity index (χ2n) is 18.3. The molecule has 0 amide bonds. The average Bonchev–Trinajstić information content (AvgIpc) is 2.70. The van der Waals surface area contributed by atoms with Crippen LogP contribution in [0.4, 0.5) is 0 Å². The molecule has 0 spiro atoms. The molecule has 0 aromatic rings. The van der Waals surface area contributed by atoms with Gasteiger partial charge in [0.05, 0.1) is 17.4 Å². The van der Waals surface area contributed by atoms with Crippen LogP contribution < -0.4 is 10.2 Å². The summed E-state index contributed by atoms with van der Waals surface area (Å²) in [4.78, 5) is 27.6. The standard InChI is InChI=1S/C29H70O10Si8/c1-22-25(46(34-40(4,5)6,35-41(7,8)9)36-42(10,11)12)29(28(32)33,24(3)27(30)31)26(23-2)47(37-43(13,14)15,38-44(16,17)18)39-45(19,20)21/h25-26H,3,22-23H2,1-2,4-21H3,(H,30,31)(H,32,33)/p-2. The van der Waals surface area contributed by atoms with E-state index in [1.54, 1.807) is 0 Å². The van der Waals surface area contributed by atoms with Crippen molar-refractivity contribution in [2.75, 3.05) is 0 Å². The van der Waals surface area contributed by atoms with Crippen LogP contribution in [0.15, 0.2) is 12.2 Å². The maximum absolute atomic E-state index is 14.4. The van der Waals surface area contributed by atoms with Crippen LogP contribution in [0.25, 0.3) is 0 Å². The lowest BCUT2D eigenvalue weighted by Crippen LogP contribution is -2.73. The van der Waals surface area contributed by atoms with Crippen LogP contribution in [0.2, 0.25) is 129 Å². The molecule has 47 heavy (non-hydrogen) atoms. The van der Waals surface area contributed by atoms with Crippen LogP contribution in [0.3, 0.4) is 0 Å². The summed E-state index contributed by atoms with van der Waals surface area (Å²) in [6, 6.07) is 0. The highest BCUT2D eigenvalue weighted by Gasteiger charge is 2.71. The zero-order valence-electron chi connectivity index (χ0n) is 33.4. The van der Waals surface area contributed by atoms with Gasteiger partial charge in [-0.3, -0.25) is 0 Å². The first-order chi connectivity index (χ1) is 20.4. The van der Waals surface area contributed by atoms with E-state index in [1.807, 2.05) is 132 Å². The van der Waals surface area contributed by atoms with Gasteiger partial charge in [-0.2, -0.15) is 0 Å². The van der Waals surface area contributed by atoms with Gasteiger partial charge in [0.1, 0.15) is 0 Å². The molecule has 0 aliphatic rings. The molecule has 18 heteroatoms. The highest BCUT2D eigenvalue weighted by molar-refractivity contribution is 6.92. The highest BCUT2D eigenvalue weighted by Crippen LogP contribution is 2.61. The van der Waals surface area contributed by atoms with Gasteiger partial charge in [-0.15, -0.1) is 0 Å². The Morgan fingerprint density at radius 1 is 0.511 bits per heavy atom. The number of carboxylic acid groups (broad SMARTS) is 2. The smallest absolute Gasteiger partial charge is 0.474 e. The van der Waals surface area contributed by atoms with Crippen LogP contribution in [-0.4, -0.2) is 79.5 Å². The van der Waals surface area contributed by atoms with Gasteiger partial charge in [0.2, 0.25) is 0 Å². The van der Waals surface area contributed by atoms with E-state index in [1.165, 1.54) is 0 Å². The second-order valence-corrected chi connectivity index (χ2v) is 52.4. The minimum absolute atomic E-state index is 0.139. The first-order valence-corrected chi connectivity index (χ1v) is 40.8. The molecular weight excluding hydrogens is 733 g/mol. The normalized spacial score (nSPS) is 17.2. The summed E-state index contributed by atoms with van der Waals surface area (Å²) in [5.41, 5.74) is -5.24. The largest absolute Gasteiger partial charge is 0.549 e. The van der Waals surface area contributed by atoms with Crippen molar-refractivity contribution in [1.82, 2.24) is 0 Å². The summed E-state index contributed by atoms with van der Waals surface area (Å²) in [5.74, 6) is -3.31. The SMILES string of the molecule is C=C(C(=O)[O-])C(C(=O)[O-])(C(CC)[Si](O[Si](C)(C)C)(O[Si](C)(C)C)O[Si](C)(C)C)C(CC)[Si](O[Si](C)(C)C)(O[Si](C)(C)C)O[Si](C)(C)C. The topological polar surface area (TPSA) is 136 Å². The Balaban J connectivity index is 9.06. The van der Waals surface area contributed by atoms with Crippen molar-refractivity contribution in [2.24, 2.45) is 5.41 Å². The fourth-order valence-electron chi connectivity index (χ4n) is 6.05. The molecule has 2 atom stereocenters. The number of aliphatic carboxylic acids is 2. The lowest BCUT2D eigenvalue weighted by atomic mass is 9.72. The quantitative estimate of drug-likeness (QED) is 0.0926. The highest BCUT2D eigenvalue weighted by atomic mass is 28.5. The number of carbonyl (C=O) groups excluding carboxylic acids is 2. The predicted octanol–water partition coefficient (Wildman–Crippen LogP) is 6.58. The summed E-state index contributed by atoms with van der Waals surface area (Å²) in [6.45, 7) is 43.7. The van der Waals surface area contributed by atoms with E-state index in [-0.39, 0.29) is 12.8 Å². The molecule has 0 aliphatic carbocycles. The lowest BCUT2D eigenvalue weighted by Gasteiger charge is -2.59. The Morgan fingerprint density at radius 2 is 0.702 bits per heavy atom. The monoisotopic (exact) mass is 800 g/mol. The van der Waals surface area contributed by atoms with E-state index in [2.05, 4.69) is 6.58 Å². The van der Waals surface area contributed by atoms with E-state index in [9.17, 15) is 19.8 Å². The Hall–Kier alpha value is 0.175. The number of carboxylic acids is 2. The van der Waals surface area contributed by atoms with Gasteiger partial charge in [-0.1, -0.05) is 20.4 Å². The molecule has 10 nitrogen and oxygen atoms in total. The molecule has 0 bridgehead atoms. The fourth-order valence-corrected chi connectivity index (χ4v) is 36.5. The van der Waals surface area contributed by atoms with E-state index >= 15 is 0 Å². The molecule has 278 valence electrons. The molecule has 0 aromatic carbocycles. The third-order valence-electron chi connectivity index (χ3n) is 6.54. The average molecular weight is 802 g/mol. The van der Waals surface area contributed by atoms with Crippen LogP contribution in [0.5, 0.6) is 0 Å². The van der Waals surface area contributed by atoms with Gasteiger partial charge >= 0.3 is 17.6 Å². The van der Waals surface area contributed by atoms with Gasteiger partial charge in [0.15, 0.2) is 49.9 Å². The molecule has 0 fully saturated rings. The van der Waals surface area contributed by atoms with Crippen LogP contribution in [0, 0.1) is 5.41 Å². The van der Waals surface area contributed by atoms with Gasteiger partial charge in [-0.25, -0.2) is 0 Å². The second kappa shape index (κ2) is 15.8. The molecule has 0 saturated heterocycles. The summed E-state index contributed by atoms with van der Waals surface area (Å²) in [6.07, 6.45) is 0.277. The molecule has 0 saturated carbocycles. The Bertz CT molecular complexity index is 948. The lowest BCUT2D eigenvalue weighted by molar-refractivity contribution is -0.323. The summed E-state index contributed by atoms with van der Waals surface area (Å²) < 4.78 is 42.6. The first kappa shape index (κ1) is 47.2. The van der Waals surface area contributed by atoms with Crippen molar-refractivity contribution >= 4 is 79.5 Å². The van der Waals surface area contributed by atoms with Gasteiger partial charge in [-0.05, 0) is 136 Å². The number of carbonyl (C=O) groups is 2. The van der Waals surface area contributed by atoms with Crippen molar-refractivity contribution in [3.63, 3.8) is 0 Å². The Morgan fingerprint density at radius 3 is 0.809 bits per heavy atom. The van der Waals surface area contributed by atoms with Gasteiger partial charge in [0, 0.05) is 11.1 Å². The molecular formula is C29H68O10Si8-2.